The number of nitrogens with one attached hydrogen (secondary N) is 1. The number of hydrogen-bond donors (Lipinski definition) is 1. The Balaban J connectivity index is 1.66. The maximum atomic E-state index is 13.0. The fourth-order valence-electron chi connectivity index (χ4n) is 4.60. The van der Waals surface area contributed by atoms with Crippen molar-refractivity contribution >= 4 is 28.8 Å². The number of aryl methyl sites for hydroxylation is 2. The number of carbonyl (C=O) groups excluding carboxylic acids is 2. The van der Waals surface area contributed by atoms with E-state index in [2.05, 4.69) is 37.4 Å². The van der Waals surface area contributed by atoms with Crippen molar-refractivity contribution in [3.05, 3.63) is 57.3 Å². The van der Waals surface area contributed by atoms with Crippen LogP contribution >= 0.6 is 11.8 Å². The molecule has 0 unspecified atom stereocenters. The monoisotopic (exact) mass is 469 g/mol. The molecule has 33 heavy (non-hydrogen) atoms. The summed E-state index contributed by atoms with van der Waals surface area (Å²) in [6, 6.07) is 5.83. The van der Waals surface area contributed by atoms with Crippen molar-refractivity contribution in [1.82, 2.24) is 10.2 Å². The van der Waals surface area contributed by atoms with Gasteiger partial charge in [0.2, 0.25) is 5.91 Å². The fourth-order valence-corrected chi connectivity index (χ4v) is 5.54. The van der Waals surface area contributed by atoms with Gasteiger partial charge in [-0.2, -0.15) is 0 Å². The average molecular weight is 470 g/mol. The maximum absolute atomic E-state index is 13.0. The molecule has 3 aliphatic heterocycles. The van der Waals surface area contributed by atoms with Gasteiger partial charge in [-0.15, -0.1) is 0 Å². The van der Waals surface area contributed by atoms with Gasteiger partial charge in [0, 0.05) is 18.8 Å². The van der Waals surface area contributed by atoms with E-state index in [-0.39, 0.29) is 18.4 Å². The topological polar surface area (TPSA) is 80.2 Å². The smallest absolute Gasteiger partial charge is 0.338 e. The number of ether oxygens (including phenoxy) is 2. The first kappa shape index (κ1) is 23.6. The molecule has 0 radical (unpaired) electrons. The second-order valence-corrected chi connectivity index (χ2v) is 9.41. The zero-order chi connectivity index (χ0) is 23.5. The number of amidine groups is 1. The van der Waals surface area contributed by atoms with Crippen LogP contribution in [0.25, 0.3) is 0 Å². The first-order chi connectivity index (χ1) is 15.9. The molecular weight excluding hydrogens is 438 g/mol. The van der Waals surface area contributed by atoms with Crippen molar-refractivity contribution in [3.8, 4) is 0 Å². The number of hydrogen-bond acceptors (Lipinski definition) is 7. The first-order valence-corrected chi connectivity index (χ1v) is 12.3. The summed E-state index contributed by atoms with van der Waals surface area (Å²) in [5.41, 5.74) is 5.32. The lowest BCUT2D eigenvalue weighted by Crippen LogP contribution is -2.39. The summed E-state index contributed by atoms with van der Waals surface area (Å²) in [4.78, 5) is 32.6. The third-order valence-corrected chi connectivity index (χ3v) is 7.13. The Morgan fingerprint density at radius 2 is 2.15 bits per heavy atom. The molecule has 2 atom stereocenters. The first-order valence-electron chi connectivity index (χ1n) is 11.4. The number of thioether (sulfide) groups is 1. The highest BCUT2D eigenvalue weighted by atomic mass is 32.2. The largest absolute Gasteiger partial charge is 0.466 e. The van der Waals surface area contributed by atoms with E-state index in [1.807, 2.05) is 17.2 Å². The number of methoxy groups -OCH3 is 1. The van der Waals surface area contributed by atoms with Crippen molar-refractivity contribution in [2.45, 2.75) is 58.6 Å². The lowest BCUT2D eigenvalue weighted by atomic mass is 9.89. The number of nitrogens with zero attached hydrogens (tertiary/aromatic N) is 2. The predicted molar refractivity (Wildman–Crippen MR) is 130 cm³/mol. The Hall–Kier alpha value is -2.58. The van der Waals surface area contributed by atoms with Gasteiger partial charge in [0.1, 0.15) is 0 Å². The van der Waals surface area contributed by atoms with Gasteiger partial charge in [-0.1, -0.05) is 42.4 Å². The molecule has 1 saturated heterocycles. The Bertz CT molecular complexity index is 1040. The summed E-state index contributed by atoms with van der Waals surface area (Å²) < 4.78 is 10.8. The SMILES string of the molecule is CCC1=C(C(=O)OC)[C@H](c2ccc(C)cc2C)N2C(CC(=O)NC[C@H]3CCCO3)=CSC2=N1. The number of amides is 1. The van der Waals surface area contributed by atoms with E-state index in [0.29, 0.717) is 18.5 Å². The van der Waals surface area contributed by atoms with Crippen LogP contribution in [-0.2, 0) is 19.1 Å². The third kappa shape index (κ3) is 4.87. The second-order valence-electron chi connectivity index (χ2n) is 8.58. The van der Waals surface area contributed by atoms with Gasteiger partial charge in [0.25, 0.3) is 0 Å². The zero-order valence-corrected chi connectivity index (χ0v) is 20.5. The van der Waals surface area contributed by atoms with Gasteiger partial charge in [-0.25, -0.2) is 9.79 Å². The van der Waals surface area contributed by atoms with E-state index in [0.717, 1.165) is 52.7 Å². The summed E-state index contributed by atoms with van der Waals surface area (Å²) in [6.07, 6.45) is 2.92. The van der Waals surface area contributed by atoms with E-state index < -0.39 is 12.0 Å². The molecule has 0 aromatic heterocycles. The van der Waals surface area contributed by atoms with E-state index in [9.17, 15) is 9.59 Å². The van der Waals surface area contributed by atoms with Crippen LogP contribution in [0.1, 0.15) is 55.3 Å². The Morgan fingerprint density at radius 1 is 1.33 bits per heavy atom. The van der Waals surface area contributed by atoms with Gasteiger partial charge in [-0.05, 0) is 49.6 Å². The minimum absolute atomic E-state index is 0.0668. The lowest BCUT2D eigenvalue weighted by molar-refractivity contribution is -0.136. The van der Waals surface area contributed by atoms with E-state index in [1.54, 1.807) is 0 Å². The van der Waals surface area contributed by atoms with Gasteiger partial charge in [0.15, 0.2) is 5.17 Å². The molecule has 4 rings (SSSR count). The van der Waals surface area contributed by atoms with Crippen LogP contribution in [0.4, 0.5) is 0 Å². The predicted octanol–water partition coefficient (Wildman–Crippen LogP) is 4.13. The standard InChI is InChI=1S/C25H31N3O4S/c1-5-20-22(24(30)31-4)23(19-9-8-15(2)11-16(19)3)28-17(14-33-25(28)27-20)12-21(29)26-13-18-7-6-10-32-18/h8-9,11,14,18,23H,5-7,10,12-13H2,1-4H3,(H,26,29)/t18-,23+/m1/s1. The molecule has 1 N–H and O–H groups in total. The molecule has 0 bridgehead atoms. The fraction of sp³-hybridized carbons (Fsp3) is 0.480. The number of allylic oxidation sites excluding steroid dienone is 1. The minimum Gasteiger partial charge on any atom is -0.466 e. The van der Waals surface area contributed by atoms with Crippen molar-refractivity contribution in [2.75, 3.05) is 20.3 Å². The number of aliphatic imine (C=N–C) groups is 1. The van der Waals surface area contributed by atoms with Crippen LogP contribution in [-0.4, -0.2) is 48.3 Å². The number of fused-ring (bicyclic) bond motifs is 1. The second kappa shape index (κ2) is 10.1. The van der Waals surface area contributed by atoms with Crippen molar-refractivity contribution in [2.24, 2.45) is 4.99 Å². The summed E-state index contributed by atoms with van der Waals surface area (Å²) in [7, 11) is 1.40. The average Bonchev–Trinajstić information content (AvgIpc) is 3.46. The molecule has 3 heterocycles. The molecule has 8 heteroatoms. The van der Waals surface area contributed by atoms with Crippen LogP contribution in [0.5, 0.6) is 0 Å². The lowest BCUT2D eigenvalue weighted by Gasteiger charge is -2.37. The Morgan fingerprint density at radius 3 is 2.82 bits per heavy atom. The van der Waals surface area contributed by atoms with Crippen LogP contribution < -0.4 is 5.32 Å². The highest BCUT2D eigenvalue weighted by Gasteiger charge is 2.42. The van der Waals surface area contributed by atoms with Gasteiger partial charge in [0.05, 0.1) is 36.9 Å². The van der Waals surface area contributed by atoms with E-state index in [4.69, 9.17) is 14.5 Å². The molecule has 3 aliphatic rings. The highest BCUT2D eigenvalue weighted by molar-refractivity contribution is 8.16. The van der Waals surface area contributed by atoms with Crippen molar-refractivity contribution in [1.29, 1.82) is 0 Å². The molecule has 1 aromatic rings. The molecule has 1 fully saturated rings. The number of rotatable bonds is 7. The van der Waals surface area contributed by atoms with Gasteiger partial charge >= 0.3 is 5.97 Å². The Labute approximate surface area is 199 Å². The van der Waals surface area contributed by atoms with Crippen LogP contribution in [0.15, 0.2) is 45.6 Å². The molecule has 7 nitrogen and oxygen atoms in total. The molecule has 0 spiro atoms. The maximum Gasteiger partial charge on any atom is 0.338 e. The molecule has 0 saturated carbocycles. The number of benzene rings is 1. The highest BCUT2D eigenvalue weighted by Crippen LogP contribution is 2.46. The molecule has 1 aromatic carbocycles. The van der Waals surface area contributed by atoms with Gasteiger partial charge in [-0.3, -0.25) is 4.79 Å². The summed E-state index contributed by atoms with van der Waals surface area (Å²) >= 11 is 1.49. The third-order valence-electron chi connectivity index (χ3n) is 6.24. The normalized spacial score (nSPS) is 22.1. The van der Waals surface area contributed by atoms with Crippen LogP contribution in [0.3, 0.4) is 0 Å². The molecule has 176 valence electrons. The van der Waals surface area contributed by atoms with Crippen molar-refractivity contribution < 1.29 is 19.1 Å². The van der Waals surface area contributed by atoms with E-state index in [1.165, 1.54) is 18.9 Å². The molecule has 0 aliphatic carbocycles. The summed E-state index contributed by atoms with van der Waals surface area (Å²) in [5, 5.41) is 5.75. The van der Waals surface area contributed by atoms with Crippen LogP contribution in [0.2, 0.25) is 0 Å². The minimum atomic E-state index is -0.396. The van der Waals surface area contributed by atoms with Gasteiger partial charge < -0.3 is 19.7 Å². The number of carbonyl (C=O) groups is 2. The zero-order valence-electron chi connectivity index (χ0n) is 19.6. The Kier molecular flexibility index (Phi) is 7.24. The summed E-state index contributed by atoms with van der Waals surface area (Å²) in [5.74, 6) is -0.457. The molecular formula is C25H31N3O4S. The van der Waals surface area contributed by atoms with Crippen molar-refractivity contribution in [3.63, 3.8) is 0 Å². The molecule has 1 amide bonds. The van der Waals surface area contributed by atoms with Crippen LogP contribution in [0, 0.1) is 13.8 Å². The quantitative estimate of drug-likeness (QED) is 0.605. The summed E-state index contributed by atoms with van der Waals surface area (Å²) in [6.45, 7) is 7.37. The number of esters is 1. The van der Waals surface area contributed by atoms with E-state index >= 15 is 0 Å².